The van der Waals surface area contributed by atoms with Crippen molar-refractivity contribution in [2.45, 2.75) is 25.2 Å². The Morgan fingerprint density at radius 1 is 1.22 bits per heavy atom. The maximum absolute atomic E-state index is 9.16. The molecule has 2 nitrogen and oxygen atoms in total. The van der Waals surface area contributed by atoms with E-state index in [1.54, 1.807) is 0 Å². The third-order valence-electron chi connectivity index (χ3n) is 2.91. The van der Waals surface area contributed by atoms with E-state index < -0.39 is 0 Å². The molecule has 1 aromatic rings. The Morgan fingerprint density at radius 2 is 2.00 bits per heavy atom. The van der Waals surface area contributed by atoms with Crippen LogP contribution in [0.15, 0.2) is 30.3 Å². The largest absolute Gasteiger partial charge is 0.315 e. The average molecular weight is 262 g/mol. The summed E-state index contributed by atoms with van der Waals surface area (Å²) in [6, 6.07) is 12.4. The molecule has 1 aromatic carbocycles. The van der Waals surface area contributed by atoms with Crippen LogP contribution in [0.3, 0.4) is 0 Å². The SMILES string of the molecule is CSCCCCCNCC(C#N)c1ccccc1. The maximum atomic E-state index is 9.16. The molecule has 0 saturated heterocycles. The highest BCUT2D eigenvalue weighted by atomic mass is 32.2. The number of rotatable bonds is 9. The Kier molecular flexibility index (Phi) is 8.37. The fourth-order valence-corrected chi connectivity index (χ4v) is 2.34. The lowest BCUT2D eigenvalue weighted by atomic mass is 10.0. The van der Waals surface area contributed by atoms with Crippen LogP contribution >= 0.6 is 11.8 Å². The monoisotopic (exact) mass is 262 g/mol. The molecule has 0 aliphatic heterocycles. The van der Waals surface area contributed by atoms with E-state index in [0.29, 0.717) is 0 Å². The van der Waals surface area contributed by atoms with Gasteiger partial charge in [0.1, 0.15) is 0 Å². The van der Waals surface area contributed by atoms with E-state index in [1.165, 1.54) is 25.0 Å². The van der Waals surface area contributed by atoms with Crippen molar-refractivity contribution in [3.05, 3.63) is 35.9 Å². The van der Waals surface area contributed by atoms with Crippen molar-refractivity contribution in [1.82, 2.24) is 5.32 Å². The van der Waals surface area contributed by atoms with Crippen LogP contribution in [0.25, 0.3) is 0 Å². The lowest BCUT2D eigenvalue weighted by Crippen LogP contribution is -2.22. The van der Waals surface area contributed by atoms with Gasteiger partial charge in [-0.25, -0.2) is 0 Å². The molecule has 0 bridgehead atoms. The van der Waals surface area contributed by atoms with Gasteiger partial charge in [0.15, 0.2) is 0 Å². The minimum atomic E-state index is -0.0302. The third-order valence-corrected chi connectivity index (χ3v) is 3.61. The van der Waals surface area contributed by atoms with Gasteiger partial charge in [0.25, 0.3) is 0 Å². The summed E-state index contributed by atoms with van der Waals surface area (Å²) in [5, 5.41) is 12.5. The number of hydrogen-bond acceptors (Lipinski definition) is 3. The zero-order chi connectivity index (χ0) is 13.1. The van der Waals surface area contributed by atoms with Crippen LogP contribution in [0.1, 0.15) is 30.7 Å². The summed E-state index contributed by atoms with van der Waals surface area (Å²) in [4.78, 5) is 0. The standard InChI is InChI=1S/C15H22N2S/c1-18-11-7-3-6-10-17-13-15(12-16)14-8-4-2-5-9-14/h2,4-5,8-9,15,17H,3,6-7,10-11,13H2,1H3. The number of benzene rings is 1. The summed E-state index contributed by atoms with van der Waals surface area (Å²) in [6.07, 6.45) is 5.92. The van der Waals surface area contributed by atoms with Gasteiger partial charge in [0.05, 0.1) is 12.0 Å². The van der Waals surface area contributed by atoms with Crippen molar-refractivity contribution < 1.29 is 0 Å². The summed E-state index contributed by atoms with van der Waals surface area (Å²) < 4.78 is 0. The highest BCUT2D eigenvalue weighted by Crippen LogP contribution is 2.13. The van der Waals surface area contributed by atoms with Gasteiger partial charge in [-0.1, -0.05) is 36.8 Å². The topological polar surface area (TPSA) is 35.8 Å². The minimum Gasteiger partial charge on any atom is -0.315 e. The molecule has 1 rings (SSSR count). The Hall–Kier alpha value is -0.980. The van der Waals surface area contributed by atoms with E-state index in [4.69, 9.17) is 5.26 Å². The van der Waals surface area contributed by atoms with Crippen molar-refractivity contribution in [1.29, 1.82) is 5.26 Å². The van der Waals surface area contributed by atoms with Crippen LogP contribution in [0.2, 0.25) is 0 Å². The van der Waals surface area contributed by atoms with E-state index in [1.807, 2.05) is 42.1 Å². The fourth-order valence-electron chi connectivity index (χ4n) is 1.84. The molecule has 98 valence electrons. The number of nitrogens with zero attached hydrogens (tertiary/aromatic N) is 1. The molecule has 0 aliphatic rings. The summed E-state index contributed by atoms with van der Waals surface area (Å²) in [5.74, 6) is 1.22. The molecule has 0 fully saturated rings. The predicted octanol–water partition coefficient (Wildman–Crippen LogP) is 3.42. The Labute approximate surface area is 115 Å². The van der Waals surface area contributed by atoms with Crippen molar-refractivity contribution in [2.24, 2.45) is 0 Å². The number of thioether (sulfide) groups is 1. The smallest absolute Gasteiger partial charge is 0.0837 e. The van der Waals surface area contributed by atoms with E-state index >= 15 is 0 Å². The first-order valence-electron chi connectivity index (χ1n) is 6.52. The summed E-state index contributed by atoms with van der Waals surface area (Å²) in [5.41, 5.74) is 1.11. The molecule has 0 saturated carbocycles. The van der Waals surface area contributed by atoms with Gasteiger partial charge in [-0.05, 0) is 37.0 Å². The van der Waals surface area contributed by atoms with Gasteiger partial charge in [-0.3, -0.25) is 0 Å². The third kappa shape index (κ3) is 6.09. The van der Waals surface area contributed by atoms with Gasteiger partial charge in [0.2, 0.25) is 0 Å². The van der Waals surface area contributed by atoms with Crippen molar-refractivity contribution in [3.63, 3.8) is 0 Å². The highest BCUT2D eigenvalue weighted by Gasteiger charge is 2.08. The summed E-state index contributed by atoms with van der Waals surface area (Å²) in [6.45, 7) is 1.77. The molecule has 1 N–H and O–H groups in total. The lowest BCUT2D eigenvalue weighted by Gasteiger charge is -2.10. The maximum Gasteiger partial charge on any atom is 0.0837 e. The normalized spacial score (nSPS) is 12.0. The summed E-state index contributed by atoms with van der Waals surface area (Å²) >= 11 is 1.91. The summed E-state index contributed by atoms with van der Waals surface area (Å²) in [7, 11) is 0. The molecule has 0 amide bonds. The van der Waals surface area contributed by atoms with Crippen LogP contribution in [0.4, 0.5) is 0 Å². The Balaban J connectivity index is 2.16. The first-order valence-corrected chi connectivity index (χ1v) is 7.92. The quantitative estimate of drug-likeness (QED) is 0.693. The highest BCUT2D eigenvalue weighted by molar-refractivity contribution is 7.98. The molecule has 0 aromatic heterocycles. The zero-order valence-electron chi connectivity index (χ0n) is 11.1. The van der Waals surface area contributed by atoms with Gasteiger partial charge in [-0.2, -0.15) is 17.0 Å². The van der Waals surface area contributed by atoms with Crippen molar-refractivity contribution in [2.75, 3.05) is 25.1 Å². The van der Waals surface area contributed by atoms with E-state index in [-0.39, 0.29) is 5.92 Å². The van der Waals surface area contributed by atoms with Gasteiger partial charge in [-0.15, -0.1) is 0 Å². The molecule has 0 radical (unpaired) electrons. The van der Waals surface area contributed by atoms with Crippen LogP contribution < -0.4 is 5.32 Å². The van der Waals surface area contributed by atoms with E-state index in [9.17, 15) is 0 Å². The van der Waals surface area contributed by atoms with Crippen LogP contribution in [-0.4, -0.2) is 25.1 Å². The molecular formula is C15H22N2S. The number of unbranched alkanes of at least 4 members (excludes halogenated alkanes) is 2. The Bertz CT molecular complexity index is 345. The van der Waals surface area contributed by atoms with Crippen LogP contribution in [-0.2, 0) is 0 Å². The van der Waals surface area contributed by atoms with E-state index in [0.717, 1.165) is 18.7 Å². The Morgan fingerprint density at radius 3 is 2.67 bits per heavy atom. The predicted molar refractivity (Wildman–Crippen MR) is 79.9 cm³/mol. The van der Waals surface area contributed by atoms with Crippen LogP contribution in [0.5, 0.6) is 0 Å². The molecule has 1 atom stereocenters. The average Bonchev–Trinajstić information content (AvgIpc) is 2.43. The molecule has 0 heterocycles. The van der Waals surface area contributed by atoms with Crippen molar-refractivity contribution >= 4 is 11.8 Å². The second kappa shape index (κ2) is 9.99. The minimum absolute atomic E-state index is 0.0302. The molecular weight excluding hydrogens is 240 g/mol. The van der Waals surface area contributed by atoms with Gasteiger partial charge in [0, 0.05) is 6.54 Å². The van der Waals surface area contributed by atoms with Gasteiger partial charge < -0.3 is 5.32 Å². The molecule has 1 unspecified atom stereocenters. The first kappa shape index (κ1) is 15.1. The lowest BCUT2D eigenvalue weighted by molar-refractivity contribution is 0.601. The first-order chi connectivity index (χ1) is 8.88. The fraction of sp³-hybridized carbons (Fsp3) is 0.533. The number of hydrogen-bond donors (Lipinski definition) is 1. The number of nitriles is 1. The molecule has 0 aliphatic carbocycles. The molecule has 3 heteroatoms. The van der Waals surface area contributed by atoms with Crippen LogP contribution in [0, 0.1) is 11.3 Å². The van der Waals surface area contributed by atoms with E-state index in [2.05, 4.69) is 17.6 Å². The van der Waals surface area contributed by atoms with Gasteiger partial charge >= 0.3 is 0 Å². The molecule has 18 heavy (non-hydrogen) atoms. The zero-order valence-corrected chi connectivity index (χ0v) is 11.9. The number of nitrogens with one attached hydrogen (secondary N) is 1. The molecule has 0 spiro atoms. The van der Waals surface area contributed by atoms with Crippen molar-refractivity contribution in [3.8, 4) is 6.07 Å². The second-order valence-electron chi connectivity index (χ2n) is 4.35. The second-order valence-corrected chi connectivity index (χ2v) is 5.34.